The first-order chi connectivity index (χ1) is 5.48. The molecule has 12 heavy (non-hydrogen) atoms. The number of hydrogen-bond donors (Lipinski definition) is 1. The summed E-state index contributed by atoms with van der Waals surface area (Å²) in [6.45, 7) is 5.75. The molecule has 0 amide bonds. The second-order valence-corrected chi connectivity index (χ2v) is 3.82. The molecule has 0 aromatic carbocycles. The van der Waals surface area contributed by atoms with Gasteiger partial charge in [0.1, 0.15) is 5.54 Å². The lowest BCUT2D eigenvalue weighted by Crippen LogP contribution is -2.38. The number of nitrogens with one attached hydrogen (secondary N) is 1. The highest BCUT2D eigenvalue weighted by Crippen LogP contribution is 1.98. The van der Waals surface area contributed by atoms with Crippen LogP contribution < -0.4 is 5.32 Å². The molecule has 0 aromatic rings. The molecule has 70 valence electrons. The zero-order valence-electron chi connectivity index (χ0n) is 8.52. The van der Waals surface area contributed by atoms with Gasteiger partial charge in [0.25, 0.3) is 0 Å². The van der Waals surface area contributed by atoms with E-state index in [9.17, 15) is 0 Å². The van der Waals surface area contributed by atoms with Crippen molar-refractivity contribution in [3.63, 3.8) is 0 Å². The van der Waals surface area contributed by atoms with Crippen molar-refractivity contribution in [1.82, 2.24) is 10.2 Å². The fraction of sp³-hybridized carbons (Fsp3) is 0.889. The lowest BCUT2D eigenvalue weighted by molar-refractivity contribution is 0.380. The second-order valence-electron chi connectivity index (χ2n) is 3.82. The first-order valence-corrected chi connectivity index (χ1v) is 4.29. The SMILES string of the molecule is CN(C)CCCNC(C)(C)C#N. The van der Waals surface area contributed by atoms with Crippen LogP contribution in [0.4, 0.5) is 0 Å². The van der Waals surface area contributed by atoms with Crippen LogP contribution in [0.2, 0.25) is 0 Å². The zero-order chi connectivity index (χ0) is 9.61. The zero-order valence-corrected chi connectivity index (χ0v) is 8.52. The molecule has 0 aromatic heterocycles. The van der Waals surface area contributed by atoms with Gasteiger partial charge in [-0.25, -0.2) is 0 Å². The van der Waals surface area contributed by atoms with Crippen molar-refractivity contribution in [3.05, 3.63) is 0 Å². The van der Waals surface area contributed by atoms with Crippen LogP contribution in [0.3, 0.4) is 0 Å². The summed E-state index contributed by atoms with van der Waals surface area (Å²) in [6.07, 6.45) is 1.08. The fourth-order valence-electron chi connectivity index (χ4n) is 0.836. The van der Waals surface area contributed by atoms with Gasteiger partial charge in [0, 0.05) is 0 Å². The topological polar surface area (TPSA) is 39.1 Å². The summed E-state index contributed by atoms with van der Waals surface area (Å²) in [6, 6.07) is 2.20. The minimum absolute atomic E-state index is 0.383. The van der Waals surface area contributed by atoms with Crippen LogP contribution in [0.5, 0.6) is 0 Å². The molecular weight excluding hydrogens is 150 g/mol. The van der Waals surface area contributed by atoms with E-state index in [0.717, 1.165) is 19.5 Å². The average Bonchev–Trinajstić information content (AvgIpc) is 1.98. The number of nitrogens with zero attached hydrogens (tertiary/aromatic N) is 2. The molecule has 0 fully saturated rings. The Morgan fingerprint density at radius 1 is 1.42 bits per heavy atom. The van der Waals surface area contributed by atoms with Gasteiger partial charge in [-0.3, -0.25) is 5.32 Å². The van der Waals surface area contributed by atoms with Gasteiger partial charge in [0.2, 0.25) is 0 Å². The quantitative estimate of drug-likeness (QED) is 0.620. The molecule has 0 bridgehead atoms. The van der Waals surface area contributed by atoms with E-state index in [1.54, 1.807) is 0 Å². The van der Waals surface area contributed by atoms with E-state index >= 15 is 0 Å². The van der Waals surface area contributed by atoms with Crippen LogP contribution in [-0.2, 0) is 0 Å². The Morgan fingerprint density at radius 3 is 2.42 bits per heavy atom. The van der Waals surface area contributed by atoms with Crippen LogP contribution in [0.25, 0.3) is 0 Å². The van der Waals surface area contributed by atoms with Crippen molar-refractivity contribution in [1.29, 1.82) is 5.26 Å². The number of hydrogen-bond acceptors (Lipinski definition) is 3. The van der Waals surface area contributed by atoms with Gasteiger partial charge in [-0.1, -0.05) is 0 Å². The van der Waals surface area contributed by atoms with Crippen molar-refractivity contribution in [2.45, 2.75) is 25.8 Å². The molecule has 0 aliphatic carbocycles. The van der Waals surface area contributed by atoms with Crippen molar-refractivity contribution in [2.75, 3.05) is 27.2 Å². The lowest BCUT2D eigenvalue weighted by atomic mass is 10.1. The van der Waals surface area contributed by atoms with E-state index in [2.05, 4.69) is 30.4 Å². The number of rotatable bonds is 5. The maximum Gasteiger partial charge on any atom is 0.101 e. The monoisotopic (exact) mass is 169 g/mol. The summed E-state index contributed by atoms with van der Waals surface area (Å²) >= 11 is 0. The Balaban J connectivity index is 3.39. The molecular formula is C9H19N3. The average molecular weight is 169 g/mol. The van der Waals surface area contributed by atoms with Gasteiger partial charge in [-0.05, 0) is 47.5 Å². The summed E-state index contributed by atoms with van der Waals surface area (Å²) in [5.74, 6) is 0. The van der Waals surface area contributed by atoms with Crippen LogP contribution in [0.15, 0.2) is 0 Å². The summed E-state index contributed by atoms with van der Waals surface area (Å²) in [7, 11) is 4.10. The molecule has 1 N–H and O–H groups in total. The fourth-order valence-corrected chi connectivity index (χ4v) is 0.836. The smallest absolute Gasteiger partial charge is 0.101 e. The van der Waals surface area contributed by atoms with E-state index in [0.29, 0.717) is 0 Å². The van der Waals surface area contributed by atoms with Crippen molar-refractivity contribution in [3.8, 4) is 6.07 Å². The minimum atomic E-state index is -0.383. The maximum atomic E-state index is 8.68. The van der Waals surface area contributed by atoms with Crippen molar-refractivity contribution < 1.29 is 0 Å². The van der Waals surface area contributed by atoms with E-state index in [1.807, 2.05) is 13.8 Å². The molecule has 0 unspecified atom stereocenters. The van der Waals surface area contributed by atoms with Crippen LogP contribution in [0, 0.1) is 11.3 Å². The summed E-state index contributed by atoms with van der Waals surface area (Å²) in [4.78, 5) is 2.14. The molecule has 0 heterocycles. The number of nitriles is 1. The van der Waals surface area contributed by atoms with Crippen molar-refractivity contribution >= 4 is 0 Å². The highest BCUT2D eigenvalue weighted by molar-refractivity contribution is 4.99. The maximum absolute atomic E-state index is 8.68. The van der Waals surface area contributed by atoms with E-state index in [4.69, 9.17) is 5.26 Å². The van der Waals surface area contributed by atoms with E-state index < -0.39 is 0 Å². The molecule has 3 nitrogen and oxygen atoms in total. The molecule has 0 saturated carbocycles. The molecule has 0 aliphatic rings. The Labute approximate surface area is 75.4 Å². The van der Waals surface area contributed by atoms with Gasteiger partial charge in [-0.15, -0.1) is 0 Å². The molecule has 0 rings (SSSR count). The Hall–Kier alpha value is -0.590. The third-order valence-corrected chi connectivity index (χ3v) is 1.63. The first kappa shape index (κ1) is 11.4. The minimum Gasteiger partial charge on any atom is -0.309 e. The predicted octanol–water partition coefficient (Wildman–Crippen LogP) is 0.830. The first-order valence-electron chi connectivity index (χ1n) is 4.29. The highest BCUT2D eigenvalue weighted by atomic mass is 15.1. The summed E-state index contributed by atoms with van der Waals surface area (Å²) in [5.41, 5.74) is -0.383. The standard InChI is InChI=1S/C9H19N3/c1-9(2,8-10)11-6-5-7-12(3)4/h11H,5-7H2,1-4H3. The van der Waals surface area contributed by atoms with Gasteiger partial charge in [0.15, 0.2) is 0 Å². The summed E-state index contributed by atoms with van der Waals surface area (Å²) < 4.78 is 0. The molecule has 0 radical (unpaired) electrons. The Morgan fingerprint density at radius 2 is 2.00 bits per heavy atom. The molecule has 0 spiro atoms. The predicted molar refractivity (Wildman–Crippen MR) is 50.9 cm³/mol. The van der Waals surface area contributed by atoms with Gasteiger partial charge >= 0.3 is 0 Å². The Bertz CT molecular complexity index is 156. The molecule has 3 heteroatoms. The highest BCUT2D eigenvalue weighted by Gasteiger charge is 2.13. The van der Waals surface area contributed by atoms with Crippen LogP contribution in [-0.4, -0.2) is 37.6 Å². The largest absolute Gasteiger partial charge is 0.309 e. The lowest BCUT2D eigenvalue weighted by Gasteiger charge is -2.18. The second kappa shape index (κ2) is 5.13. The van der Waals surface area contributed by atoms with Gasteiger partial charge in [-0.2, -0.15) is 5.26 Å². The van der Waals surface area contributed by atoms with E-state index in [-0.39, 0.29) is 5.54 Å². The van der Waals surface area contributed by atoms with Crippen molar-refractivity contribution in [2.24, 2.45) is 0 Å². The third-order valence-electron chi connectivity index (χ3n) is 1.63. The third kappa shape index (κ3) is 6.14. The molecule has 0 atom stereocenters. The van der Waals surface area contributed by atoms with E-state index in [1.165, 1.54) is 0 Å². The van der Waals surface area contributed by atoms with Crippen LogP contribution in [0.1, 0.15) is 20.3 Å². The van der Waals surface area contributed by atoms with Gasteiger partial charge < -0.3 is 4.90 Å². The normalized spacial score (nSPS) is 11.7. The van der Waals surface area contributed by atoms with Crippen LogP contribution >= 0.6 is 0 Å². The van der Waals surface area contributed by atoms with Gasteiger partial charge in [0.05, 0.1) is 6.07 Å². The summed E-state index contributed by atoms with van der Waals surface area (Å²) in [5, 5.41) is 11.9. The Kier molecular flexibility index (Phi) is 4.87. The molecule has 0 saturated heterocycles. The molecule has 0 aliphatic heterocycles.